The van der Waals surface area contributed by atoms with E-state index < -0.39 is 23.4 Å². The van der Waals surface area contributed by atoms with Crippen LogP contribution in [0.2, 0.25) is 0 Å². The average Bonchev–Trinajstić information content (AvgIpc) is 3.51. The van der Waals surface area contributed by atoms with Crippen molar-refractivity contribution in [2.75, 3.05) is 20.2 Å². The summed E-state index contributed by atoms with van der Waals surface area (Å²) in [7, 11) is 1.35. The molecule has 0 saturated heterocycles. The molecule has 6 aliphatic rings. The fourth-order valence-electron chi connectivity index (χ4n) is 14.1. The van der Waals surface area contributed by atoms with Crippen LogP contribution in [0.3, 0.4) is 0 Å². The molecule has 0 aromatic heterocycles. The summed E-state index contributed by atoms with van der Waals surface area (Å²) in [4.78, 5) is 52.2. The summed E-state index contributed by atoms with van der Waals surface area (Å²) in [6, 6.07) is 0. The van der Waals surface area contributed by atoms with Crippen LogP contribution in [-0.2, 0) is 28.6 Å². The molecule has 0 spiro atoms. The summed E-state index contributed by atoms with van der Waals surface area (Å²) in [5.41, 5.74) is 0.988. The molecule has 57 heavy (non-hydrogen) atoms. The van der Waals surface area contributed by atoms with Crippen LogP contribution in [0.1, 0.15) is 139 Å². The number of carboxylic acids is 1. The number of nitrogens with zero attached hydrogens (tertiary/aromatic N) is 1. The number of hydrogen-bond acceptors (Lipinski definition) is 7. The Kier molecular flexibility index (Phi) is 11.3. The first-order valence-corrected chi connectivity index (χ1v) is 21.5. The van der Waals surface area contributed by atoms with Crippen molar-refractivity contribution >= 4 is 24.0 Å². The minimum atomic E-state index is -1.04. The van der Waals surface area contributed by atoms with E-state index in [0.717, 1.165) is 64.2 Å². The summed E-state index contributed by atoms with van der Waals surface area (Å²) in [6.07, 6.45) is 10.1. The largest absolute Gasteiger partial charge is 0.478 e. The second-order valence-electron chi connectivity index (χ2n) is 21.0. The molecule has 1 N–H and O–H groups in total. The number of hydrogen-bond donors (Lipinski definition) is 1. The number of carbonyl (C=O) groups is 4. The number of rotatable bonds is 7. The van der Waals surface area contributed by atoms with E-state index in [1.165, 1.54) is 17.6 Å². The van der Waals surface area contributed by atoms with E-state index in [9.17, 15) is 24.3 Å². The van der Waals surface area contributed by atoms with Gasteiger partial charge in [0, 0.05) is 22.9 Å². The van der Waals surface area contributed by atoms with Gasteiger partial charge in [0.2, 0.25) is 0 Å². The zero-order chi connectivity index (χ0) is 42.1. The summed E-state index contributed by atoms with van der Waals surface area (Å²) in [6.45, 7) is 28.1. The normalized spacial score (nSPS) is 38.2. The Bertz CT molecular complexity index is 1810. The maximum Gasteiger partial charge on any atom is 0.415 e. The van der Waals surface area contributed by atoms with E-state index in [1.54, 1.807) is 20.8 Å². The molecule has 1 amide bonds. The molecule has 0 aromatic carbocycles. The molecule has 0 bridgehead atoms. The molecule has 5 fully saturated rings. The Balaban J connectivity index is 1.27. The number of allylic oxidation sites excluding steroid dienone is 2. The zero-order valence-corrected chi connectivity index (χ0v) is 36.5. The van der Waals surface area contributed by atoms with Gasteiger partial charge in [0.1, 0.15) is 6.10 Å². The van der Waals surface area contributed by atoms with Crippen LogP contribution in [-0.4, -0.2) is 60.3 Å². The number of esters is 2. The number of aliphatic carboxylic acids is 1. The van der Waals surface area contributed by atoms with Crippen LogP contribution in [0.15, 0.2) is 35.6 Å². The third kappa shape index (κ3) is 7.07. The van der Waals surface area contributed by atoms with Crippen LogP contribution in [0.25, 0.3) is 0 Å². The first-order valence-electron chi connectivity index (χ1n) is 21.5. The van der Waals surface area contributed by atoms with Crippen molar-refractivity contribution in [1.29, 1.82) is 0 Å². The smallest absolute Gasteiger partial charge is 0.415 e. The van der Waals surface area contributed by atoms with Crippen LogP contribution < -0.4 is 0 Å². The lowest BCUT2D eigenvalue weighted by atomic mass is 9.32. The number of fused-ring (bicyclic) bond motifs is 7. The SMILES string of the molecule is C=C(C)OC(=O)N1CCC(C#C[C@]23CC[C@@H](C(=C)C)C2C2CCC4[C@@]5(C)CC[C@H](OC(=O)CC(C)(C)C(=O)OC)C(C)(C)C5CC[C@@]4(C)[C@]2(C)CC3)=C(C(=O)O)C1. The van der Waals surface area contributed by atoms with Gasteiger partial charge in [0.15, 0.2) is 0 Å². The lowest BCUT2D eigenvalue weighted by Gasteiger charge is -2.72. The summed E-state index contributed by atoms with van der Waals surface area (Å²) in [5, 5.41) is 10.2. The monoisotopic (exact) mass is 788 g/mol. The number of methoxy groups -OCH3 is 1. The standard InChI is InChI=1S/C48H69NO8/c1-29(2)32-16-23-48(22-15-31-19-26-49(28-33(31)40(51)52)42(54)56-30(3)4)25-24-46(10)34(39(32)48)13-14-36-45(9)20-18-37(44(7,8)35(45)17-21-47(36,46)11)57-38(50)27-43(5,6)41(53)55-12/h32,34-37,39H,1,3,13-14,16-21,23-28H2,2,4-12H3,(H,51,52)/t32-,34?,35?,36?,37-,39?,45-,46+,47+,48+/m0/s1. The maximum absolute atomic E-state index is 13.3. The van der Waals surface area contributed by atoms with Gasteiger partial charge in [-0.1, -0.05) is 65.2 Å². The Morgan fingerprint density at radius 3 is 2.23 bits per heavy atom. The molecule has 4 unspecified atom stereocenters. The van der Waals surface area contributed by atoms with Crippen molar-refractivity contribution in [3.8, 4) is 11.8 Å². The van der Waals surface area contributed by atoms with Gasteiger partial charge in [-0.25, -0.2) is 9.59 Å². The van der Waals surface area contributed by atoms with Gasteiger partial charge in [0.05, 0.1) is 36.8 Å². The van der Waals surface area contributed by atoms with Crippen LogP contribution in [0.5, 0.6) is 0 Å². The van der Waals surface area contributed by atoms with Crippen LogP contribution in [0.4, 0.5) is 4.79 Å². The zero-order valence-electron chi connectivity index (χ0n) is 36.5. The molecule has 314 valence electrons. The predicted octanol–water partition coefficient (Wildman–Crippen LogP) is 9.91. The topological polar surface area (TPSA) is 119 Å². The molecule has 5 aliphatic carbocycles. The molecule has 1 heterocycles. The number of amides is 1. The minimum absolute atomic E-state index is 0.00393. The van der Waals surface area contributed by atoms with E-state index in [0.29, 0.717) is 48.1 Å². The summed E-state index contributed by atoms with van der Waals surface area (Å²) >= 11 is 0. The Labute approximate surface area is 341 Å². The summed E-state index contributed by atoms with van der Waals surface area (Å²) < 4.78 is 16.4. The van der Waals surface area contributed by atoms with Crippen molar-refractivity contribution in [3.63, 3.8) is 0 Å². The molecule has 0 aromatic rings. The number of ether oxygens (including phenoxy) is 3. The second-order valence-corrected chi connectivity index (χ2v) is 21.0. The fraction of sp³-hybridized carbons (Fsp3) is 0.750. The molecule has 1 aliphatic heterocycles. The average molecular weight is 788 g/mol. The number of carbonyl (C=O) groups excluding carboxylic acids is 3. The van der Waals surface area contributed by atoms with Crippen LogP contribution in [0, 0.1) is 73.9 Å². The quantitative estimate of drug-likeness (QED) is 0.0891. The first kappa shape index (κ1) is 43.0. The lowest BCUT2D eigenvalue weighted by molar-refractivity contribution is -0.247. The predicted molar refractivity (Wildman–Crippen MR) is 219 cm³/mol. The van der Waals surface area contributed by atoms with Crippen molar-refractivity contribution in [3.05, 3.63) is 35.6 Å². The van der Waals surface area contributed by atoms with Gasteiger partial charge in [-0.15, -0.1) is 0 Å². The second kappa shape index (κ2) is 14.9. The highest BCUT2D eigenvalue weighted by molar-refractivity contribution is 5.90. The van der Waals surface area contributed by atoms with Crippen molar-refractivity contribution < 1.29 is 38.5 Å². The molecule has 9 heteroatoms. The van der Waals surface area contributed by atoms with Gasteiger partial charge in [-0.2, -0.15) is 0 Å². The minimum Gasteiger partial charge on any atom is -0.478 e. The highest BCUT2D eigenvalue weighted by Gasteiger charge is 2.71. The molecule has 0 radical (unpaired) electrons. The first-order chi connectivity index (χ1) is 26.5. The van der Waals surface area contributed by atoms with Crippen molar-refractivity contribution in [1.82, 2.24) is 4.90 Å². The van der Waals surface area contributed by atoms with Crippen LogP contribution >= 0.6 is 0 Å². The molecule has 6 rings (SSSR count). The van der Waals surface area contributed by atoms with E-state index >= 15 is 0 Å². The Morgan fingerprint density at radius 1 is 0.895 bits per heavy atom. The molecule has 5 saturated carbocycles. The molecule has 10 atom stereocenters. The summed E-state index contributed by atoms with van der Waals surface area (Å²) in [5.74, 6) is 7.92. The van der Waals surface area contributed by atoms with Crippen molar-refractivity contribution in [2.45, 2.75) is 145 Å². The fourth-order valence-corrected chi connectivity index (χ4v) is 14.1. The highest BCUT2D eigenvalue weighted by atomic mass is 16.6. The molecular formula is C48H69NO8. The third-order valence-electron chi connectivity index (χ3n) is 17.2. The van der Waals surface area contributed by atoms with Gasteiger partial charge in [0.25, 0.3) is 0 Å². The molecular weight excluding hydrogens is 719 g/mol. The van der Waals surface area contributed by atoms with E-state index in [-0.39, 0.29) is 63.4 Å². The Morgan fingerprint density at radius 2 is 1.60 bits per heavy atom. The Hall–Kier alpha value is -3.54. The van der Waals surface area contributed by atoms with Gasteiger partial charge in [-0.05, 0) is 144 Å². The van der Waals surface area contributed by atoms with Crippen molar-refractivity contribution in [2.24, 2.45) is 62.1 Å². The molecule has 9 nitrogen and oxygen atoms in total. The lowest BCUT2D eigenvalue weighted by Crippen LogP contribution is -2.66. The highest BCUT2D eigenvalue weighted by Crippen LogP contribution is 2.77. The van der Waals surface area contributed by atoms with Gasteiger partial charge >= 0.3 is 24.0 Å². The van der Waals surface area contributed by atoms with Gasteiger partial charge in [-0.3, -0.25) is 9.59 Å². The maximum atomic E-state index is 13.3. The number of carboxylic acid groups (broad SMARTS) is 1. The van der Waals surface area contributed by atoms with E-state index in [1.807, 2.05) is 0 Å². The van der Waals surface area contributed by atoms with Gasteiger partial charge < -0.3 is 24.2 Å². The van der Waals surface area contributed by atoms with E-state index in [4.69, 9.17) is 14.2 Å². The van der Waals surface area contributed by atoms with E-state index in [2.05, 4.69) is 66.5 Å². The third-order valence-corrected chi connectivity index (χ3v) is 17.2.